The van der Waals surface area contributed by atoms with Crippen molar-refractivity contribution in [1.29, 1.82) is 0 Å². The van der Waals surface area contributed by atoms with Gasteiger partial charge in [-0.2, -0.15) is 0 Å². The number of nitrogens with two attached hydrogens (primary N) is 1. The molecule has 0 radical (unpaired) electrons. The van der Waals surface area contributed by atoms with Crippen molar-refractivity contribution >= 4 is 17.7 Å². The Morgan fingerprint density at radius 3 is 2.39 bits per heavy atom. The minimum absolute atomic E-state index is 0.102. The van der Waals surface area contributed by atoms with Crippen LogP contribution in [-0.4, -0.2) is 172 Å². The molecule has 13 rings (SSSR count). The van der Waals surface area contributed by atoms with Crippen molar-refractivity contribution in [1.82, 2.24) is 30.6 Å². The lowest BCUT2D eigenvalue weighted by Gasteiger charge is -2.76. The smallest absolute Gasteiger partial charge is 0.310 e. The molecule has 1 spiro atoms. The van der Waals surface area contributed by atoms with Crippen LogP contribution in [0, 0.1) is 109 Å². The Bertz CT molecular complexity index is 2950. The van der Waals surface area contributed by atoms with Crippen molar-refractivity contribution in [2.75, 3.05) is 38.2 Å². The molecule has 27 atom stereocenters. The number of carboxylic acids is 1. The highest BCUT2D eigenvalue weighted by molar-refractivity contribution is 5.87. The number of H-pyrrole nitrogens is 2. The number of aliphatic hydroxyl groups is 8. The van der Waals surface area contributed by atoms with Crippen LogP contribution in [0.25, 0.3) is 0 Å². The lowest BCUT2D eigenvalue weighted by Crippen LogP contribution is -2.75. The molecule has 2 aromatic heterocycles. The quantitative estimate of drug-likeness (QED) is 0.0593. The molecule has 2 aromatic rings. The number of fused-ring (bicyclic) bond motifs is 8. The number of hydrogen-bond donors (Lipinski definition) is 15. The number of rotatable bonds is 13. The number of aliphatic carboxylic acids is 1. The van der Waals surface area contributed by atoms with E-state index in [1.54, 1.807) is 12.5 Å². The van der Waals surface area contributed by atoms with Crippen LogP contribution in [0.15, 0.2) is 30.5 Å². The van der Waals surface area contributed by atoms with E-state index in [2.05, 4.69) is 76.5 Å². The second kappa shape index (κ2) is 21.3. The van der Waals surface area contributed by atoms with Gasteiger partial charge in [-0.25, -0.2) is 9.97 Å². The fourth-order valence-electron chi connectivity index (χ4n) is 22.3. The van der Waals surface area contributed by atoms with E-state index in [4.69, 9.17) is 20.2 Å². The van der Waals surface area contributed by atoms with Gasteiger partial charge in [0.05, 0.1) is 60.7 Å². The zero-order valence-corrected chi connectivity index (χ0v) is 50.0. The lowest BCUT2D eigenvalue weighted by molar-refractivity contribution is -0.343. The van der Waals surface area contributed by atoms with Gasteiger partial charge < -0.3 is 87.1 Å². The van der Waals surface area contributed by atoms with Gasteiger partial charge in [0.1, 0.15) is 30.4 Å². The van der Waals surface area contributed by atoms with Gasteiger partial charge in [0, 0.05) is 72.8 Å². The van der Waals surface area contributed by atoms with Crippen LogP contribution in [0.1, 0.15) is 135 Å². The zero-order chi connectivity index (χ0) is 60.1. The number of anilines is 1. The average Bonchev–Trinajstić information content (AvgIpc) is 1.43. The maximum absolute atomic E-state index is 15.9. The number of carbonyl (C=O) groups excluding carboxylic acids is 1. The predicted molar refractivity (Wildman–Crippen MR) is 309 cm³/mol. The molecule has 1 amide bonds. The first kappa shape index (κ1) is 59.9. The van der Waals surface area contributed by atoms with E-state index >= 15 is 4.79 Å². The number of amides is 1. The predicted octanol–water partition coefficient (Wildman–Crippen LogP) is 2.51. The average molecular weight is 1180 g/mol. The number of ether oxygens (including phenoxy) is 2. The van der Waals surface area contributed by atoms with Crippen LogP contribution in [0.5, 0.6) is 0 Å². The van der Waals surface area contributed by atoms with Crippen LogP contribution < -0.4 is 21.7 Å². The molecule has 6 saturated carbocycles. The van der Waals surface area contributed by atoms with Crippen molar-refractivity contribution in [3.05, 3.63) is 41.9 Å². The van der Waals surface area contributed by atoms with E-state index in [1.807, 2.05) is 6.92 Å². The second-order valence-electron chi connectivity index (χ2n) is 30.1. The summed E-state index contributed by atoms with van der Waals surface area (Å²) >= 11 is 0. The molecule has 8 aliphatic carbocycles. The van der Waals surface area contributed by atoms with Gasteiger partial charge in [0.25, 0.3) is 0 Å². The number of nitrogens with one attached hydrogen (secondary N) is 5. The van der Waals surface area contributed by atoms with Gasteiger partial charge in [0.15, 0.2) is 6.29 Å². The van der Waals surface area contributed by atoms with Gasteiger partial charge in [-0.15, -0.1) is 0 Å². The van der Waals surface area contributed by atoms with Crippen molar-refractivity contribution < 1.29 is 65.0 Å². The molecule has 2 saturated heterocycles. The number of hydrogen-bond acceptors (Lipinski definition) is 17. The van der Waals surface area contributed by atoms with E-state index in [-0.39, 0.29) is 50.0 Å². The molecular weight excluding hydrogens is 1090 g/mol. The Kier molecular flexibility index (Phi) is 15.0. The Morgan fingerprint density at radius 1 is 0.906 bits per heavy atom. The SMILES string of the molecule is CC1(CO)CCC2(C(=O)O)C(C1)C1=CC3C#CC4CCCC45C(=O)NC(C(c4cnc[nH]4)C(O)C(CNC4CCCC4)C(N)O)C5CC4C(O)C(OC5OCC(O)C(O)C5O)C(C)(CO)C5CCC(C)(C3C45C)C1(C)C1Cc3[nH]cnc3NCC12. The summed E-state index contributed by atoms with van der Waals surface area (Å²) in [6.07, 6.45) is 4.45. The fourth-order valence-corrected chi connectivity index (χ4v) is 22.3. The van der Waals surface area contributed by atoms with E-state index in [0.717, 1.165) is 37.0 Å². The molecule has 8 fully saturated rings. The largest absolute Gasteiger partial charge is 0.481 e. The summed E-state index contributed by atoms with van der Waals surface area (Å²) in [6.45, 7) is 10.7. The number of aromatic amines is 2. The minimum atomic E-state index is -1.71. The third-order valence-electron chi connectivity index (χ3n) is 26.7. The first-order valence-electron chi connectivity index (χ1n) is 32.1. The van der Waals surface area contributed by atoms with Crippen molar-refractivity contribution in [3.63, 3.8) is 0 Å². The van der Waals surface area contributed by atoms with Gasteiger partial charge in [-0.05, 0) is 134 Å². The second-order valence-corrected chi connectivity index (χ2v) is 30.1. The summed E-state index contributed by atoms with van der Waals surface area (Å²) in [6, 6.07) is -0.627. The highest BCUT2D eigenvalue weighted by Crippen LogP contribution is 2.80. The summed E-state index contributed by atoms with van der Waals surface area (Å²) in [7, 11) is 0. The molecule has 468 valence electrons. The Balaban J connectivity index is 1.03. The number of allylic oxidation sites excluding steroid dienone is 2. The minimum Gasteiger partial charge on any atom is -0.481 e. The molecule has 0 aromatic carbocycles. The molecule has 21 nitrogen and oxygen atoms in total. The lowest BCUT2D eigenvalue weighted by atomic mass is 9.28. The van der Waals surface area contributed by atoms with Crippen LogP contribution in [-0.2, 0) is 25.5 Å². The van der Waals surface area contributed by atoms with Crippen molar-refractivity contribution in [2.45, 2.75) is 192 Å². The maximum atomic E-state index is 15.9. The first-order chi connectivity index (χ1) is 40.5. The van der Waals surface area contributed by atoms with Crippen molar-refractivity contribution in [2.24, 2.45) is 103 Å². The Hall–Kier alpha value is -4.02. The molecule has 85 heavy (non-hydrogen) atoms. The number of aliphatic hydroxyl groups excluding tert-OH is 8. The van der Waals surface area contributed by atoms with Crippen LogP contribution >= 0.6 is 0 Å². The van der Waals surface area contributed by atoms with Gasteiger partial charge in [-0.3, -0.25) is 9.59 Å². The topological polar surface area (TPSA) is 354 Å². The number of imidazole rings is 2. The number of carboxylic acid groups (broad SMARTS) is 1. The van der Waals surface area contributed by atoms with Crippen LogP contribution in [0.3, 0.4) is 0 Å². The standard InChI is InChI=1S/C64H94N8O13/c1-58(27-73)17-18-64(57(82)83)39(22-58)35-19-31-12-13-32-9-8-15-63(32)37(46(72-56(63)81)45(42-25-66-29-69-42)47(76)34(53(65)80)23-67-33-10-6-7-11-33)20-38-48(77)52(85-55-50(79)49(78)43(75)26-84-55)59(2,28-74)44-14-16-60(3,51(31)61(38,44)4)62(35,5)36-21-41-54(71-30-70-41)68-24-40(36)64/h19,25,29-34,36-40,43-53,55,67-68,73-80H,6-11,14-18,20-24,26-28,65H2,1-5H3,(H,66,69)(H,70,71)(H,72,81)(H,82,83). The summed E-state index contributed by atoms with van der Waals surface area (Å²) in [4.78, 5) is 46.5. The number of nitrogens with zero attached hydrogens (tertiary/aromatic N) is 2. The third-order valence-corrected chi connectivity index (χ3v) is 26.7. The number of carbonyl (C=O) groups is 2. The summed E-state index contributed by atoms with van der Waals surface area (Å²) in [5, 5.41) is 118. The monoisotopic (exact) mass is 1180 g/mol. The molecule has 5 heterocycles. The molecule has 16 N–H and O–H groups in total. The van der Waals surface area contributed by atoms with Gasteiger partial charge in [-0.1, -0.05) is 77.4 Å². The van der Waals surface area contributed by atoms with Gasteiger partial charge >= 0.3 is 5.97 Å². The van der Waals surface area contributed by atoms with Crippen molar-refractivity contribution in [3.8, 4) is 11.8 Å². The van der Waals surface area contributed by atoms with E-state index < -0.39 is 159 Å². The third kappa shape index (κ3) is 8.44. The summed E-state index contributed by atoms with van der Waals surface area (Å²) in [5.74, 6) is 1.25. The van der Waals surface area contributed by atoms with E-state index in [1.165, 1.54) is 6.33 Å². The highest BCUT2D eigenvalue weighted by Gasteiger charge is 2.79. The Labute approximate surface area is 497 Å². The normalized spacial score (nSPS) is 48.5. The summed E-state index contributed by atoms with van der Waals surface area (Å²) < 4.78 is 12.9. The number of aromatic nitrogens is 4. The molecule has 27 unspecified atom stereocenters. The molecule has 0 bridgehead atoms. The maximum Gasteiger partial charge on any atom is 0.310 e. The molecule has 21 heteroatoms. The molecular formula is C64H94N8O13. The molecule has 3 aliphatic heterocycles. The van der Waals surface area contributed by atoms with Crippen LogP contribution in [0.4, 0.5) is 5.82 Å². The fraction of sp³-hybridized carbons (Fsp3) is 0.812. The highest BCUT2D eigenvalue weighted by atomic mass is 16.7. The van der Waals surface area contributed by atoms with Crippen LogP contribution in [0.2, 0.25) is 0 Å². The zero-order valence-electron chi connectivity index (χ0n) is 50.0. The summed E-state index contributed by atoms with van der Waals surface area (Å²) in [5.41, 5.74) is 2.32. The van der Waals surface area contributed by atoms with E-state index in [0.29, 0.717) is 75.8 Å². The van der Waals surface area contributed by atoms with E-state index in [9.17, 15) is 50.8 Å². The first-order valence-corrected chi connectivity index (χ1v) is 32.1. The Morgan fingerprint density at radius 2 is 1.68 bits per heavy atom. The molecule has 11 aliphatic rings. The van der Waals surface area contributed by atoms with Gasteiger partial charge in [0.2, 0.25) is 5.91 Å².